The third kappa shape index (κ3) is 1.55. The minimum Gasteiger partial charge on any atom is -0.328 e. The van der Waals surface area contributed by atoms with E-state index in [2.05, 4.69) is 4.90 Å². The molecule has 0 bridgehead atoms. The lowest BCUT2D eigenvalue weighted by molar-refractivity contribution is -0.113. The molecule has 0 aromatic rings. The highest BCUT2D eigenvalue weighted by atomic mass is 16.1. The van der Waals surface area contributed by atoms with E-state index in [1.54, 1.807) is 0 Å². The predicted molar refractivity (Wildman–Crippen MR) is 39.7 cm³/mol. The Bertz CT molecular complexity index is 127. The monoisotopic (exact) mass is 142 g/mol. The van der Waals surface area contributed by atoms with E-state index in [1.165, 1.54) is 0 Å². The molecule has 2 atom stereocenters. The summed E-state index contributed by atoms with van der Waals surface area (Å²) in [6.07, 6.45) is 2.82. The Hall–Kier alpha value is -0.410. The molecule has 2 N–H and O–H groups in total. The highest BCUT2D eigenvalue weighted by molar-refractivity contribution is 5.57. The van der Waals surface area contributed by atoms with E-state index in [4.69, 9.17) is 5.73 Å². The summed E-state index contributed by atoms with van der Waals surface area (Å²) in [5, 5.41) is 0. The van der Waals surface area contributed by atoms with Gasteiger partial charge in [0.15, 0.2) is 0 Å². The molecule has 0 saturated carbocycles. The van der Waals surface area contributed by atoms with Crippen LogP contribution in [0.5, 0.6) is 0 Å². The average molecular weight is 142 g/mol. The highest BCUT2D eigenvalue weighted by Crippen LogP contribution is 2.11. The maximum atomic E-state index is 10.4. The number of aldehydes is 1. The lowest BCUT2D eigenvalue weighted by Crippen LogP contribution is -2.45. The average Bonchev–Trinajstić information content (AvgIpc) is 1.94. The molecule has 1 aliphatic rings. The molecule has 3 heteroatoms. The van der Waals surface area contributed by atoms with Crippen LogP contribution < -0.4 is 5.73 Å². The summed E-state index contributed by atoms with van der Waals surface area (Å²) in [6.45, 7) is 0.949. The van der Waals surface area contributed by atoms with Crippen LogP contribution in [0.3, 0.4) is 0 Å². The number of carbonyl (C=O) groups is 1. The van der Waals surface area contributed by atoms with Crippen LogP contribution in [-0.2, 0) is 4.79 Å². The molecule has 1 saturated heterocycles. The van der Waals surface area contributed by atoms with Gasteiger partial charge in [-0.2, -0.15) is 0 Å². The van der Waals surface area contributed by atoms with Gasteiger partial charge in [0.25, 0.3) is 0 Å². The van der Waals surface area contributed by atoms with Crippen molar-refractivity contribution in [1.82, 2.24) is 4.90 Å². The normalized spacial score (nSPS) is 35.8. The van der Waals surface area contributed by atoms with Gasteiger partial charge in [-0.25, -0.2) is 0 Å². The molecular weight excluding hydrogens is 128 g/mol. The molecule has 1 aliphatic heterocycles. The van der Waals surface area contributed by atoms with Crippen molar-refractivity contribution in [1.29, 1.82) is 0 Å². The Labute approximate surface area is 61.2 Å². The van der Waals surface area contributed by atoms with Crippen LogP contribution in [0.15, 0.2) is 0 Å². The van der Waals surface area contributed by atoms with Gasteiger partial charge < -0.3 is 10.5 Å². The lowest BCUT2D eigenvalue weighted by atomic mass is 10.00. The van der Waals surface area contributed by atoms with Crippen molar-refractivity contribution < 1.29 is 4.79 Å². The van der Waals surface area contributed by atoms with Crippen molar-refractivity contribution in [3.05, 3.63) is 0 Å². The number of nitrogens with zero attached hydrogens (tertiary/aromatic N) is 1. The van der Waals surface area contributed by atoms with E-state index in [0.717, 1.165) is 25.7 Å². The SMILES string of the molecule is CN1CCC(N)CC1C=O. The number of hydrogen-bond donors (Lipinski definition) is 1. The third-order valence-electron chi connectivity index (χ3n) is 2.12. The Kier molecular flexibility index (Phi) is 2.40. The summed E-state index contributed by atoms with van der Waals surface area (Å²) in [5.74, 6) is 0. The molecule has 0 aromatic carbocycles. The van der Waals surface area contributed by atoms with Crippen LogP contribution in [0.2, 0.25) is 0 Å². The first kappa shape index (κ1) is 7.69. The van der Waals surface area contributed by atoms with E-state index in [9.17, 15) is 4.79 Å². The van der Waals surface area contributed by atoms with Crippen LogP contribution in [0.1, 0.15) is 12.8 Å². The Balaban J connectivity index is 2.45. The number of piperidine rings is 1. The predicted octanol–water partition coefficient (Wildman–Crippen LogP) is -0.393. The largest absolute Gasteiger partial charge is 0.328 e. The van der Waals surface area contributed by atoms with E-state index in [-0.39, 0.29) is 12.1 Å². The summed E-state index contributed by atoms with van der Waals surface area (Å²) in [4.78, 5) is 12.5. The van der Waals surface area contributed by atoms with Crippen molar-refractivity contribution in [3.8, 4) is 0 Å². The molecule has 0 spiro atoms. The van der Waals surface area contributed by atoms with E-state index >= 15 is 0 Å². The minimum absolute atomic E-state index is 0.0590. The second-order valence-corrected chi connectivity index (χ2v) is 2.97. The minimum atomic E-state index is 0.0590. The van der Waals surface area contributed by atoms with Crippen molar-refractivity contribution >= 4 is 6.29 Å². The molecule has 0 aromatic heterocycles. The van der Waals surface area contributed by atoms with E-state index in [0.29, 0.717) is 0 Å². The molecule has 1 fully saturated rings. The van der Waals surface area contributed by atoms with Crippen LogP contribution in [0.4, 0.5) is 0 Å². The molecule has 3 nitrogen and oxygen atoms in total. The summed E-state index contributed by atoms with van der Waals surface area (Å²) >= 11 is 0. The van der Waals surface area contributed by atoms with Gasteiger partial charge in [-0.1, -0.05) is 0 Å². The molecule has 0 radical (unpaired) electrons. The van der Waals surface area contributed by atoms with Gasteiger partial charge in [0, 0.05) is 12.6 Å². The van der Waals surface area contributed by atoms with Crippen molar-refractivity contribution in [2.75, 3.05) is 13.6 Å². The fourth-order valence-corrected chi connectivity index (χ4v) is 1.30. The zero-order valence-electron chi connectivity index (χ0n) is 6.29. The Morgan fingerprint density at radius 2 is 2.40 bits per heavy atom. The number of rotatable bonds is 1. The summed E-state index contributed by atoms with van der Waals surface area (Å²) in [5.41, 5.74) is 5.68. The summed E-state index contributed by atoms with van der Waals surface area (Å²) in [7, 11) is 1.96. The third-order valence-corrected chi connectivity index (χ3v) is 2.12. The van der Waals surface area contributed by atoms with Gasteiger partial charge in [-0.05, 0) is 19.9 Å². The topological polar surface area (TPSA) is 46.3 Å². The molecule has 0 aliphatic carbocycles. The van der Waals surface area contributed by atoms with Gasteiger partial charge >= 0.3 is 0 Å². The van der Waals surface area contributed by atoms with Crippen molar-refractivity contribution in [2.24, 2.45) is 5.73 Å². The maximum Gasteiger partial charge on any atom is 0.137 e. The summed E-state index contributed by atoms with van der Waals surface area (Å²) in [6, 6.07) is 0.287. The van der Waals surface area contributed by atoms with Crippen LogP contribution >= 0.6 is 0 Å². The molecule has 1 heterocycles. The van der Waals surface area contributed by atoms with Gasteiger partial charge in [0.2, 0.25) is 0 Å². The second-order valence-electron chi connectivity index (χ2n) is 2.97. The first-order valence-corrected chi connectivity index (χ1v) is 3.65. The quantitative estimate of drug-likeness (QED) is 0.507. The second kappa shape index (κ2) is 3.12. The number of likely N-dealkylation sites (N-methyl/N-ethyl adjacent to an activating group) is 1. The number of nitrogens with two attached hydrogens (primary N) is 1. The van der Waals surface area contributed by atoms with Crippen LogP contribution in [0.25, 0.3) is 0 Å². The van der Waals surface area contributed by atoms with E-state index < -0.39 is 0 Å². The van der Waals surface area contributed by atoms with Gasteiger partial charge in [-0.15, -0.1) is 0 Å². The highest BCUT2D eigenvalue weighted by Gasteiger charge is 2.22. The van der Waals surface area contributed by atoms with Gasteiger partial charge in [0.1, 0.15) is 6.29 Å². The Morgan fingerprint density at radius 3 is 2.90 bits per heavy atom. The summed E-state index contributed by atoms with van der Waals surface area (Å²) < 4.78 is 0. The lowest BCUT2D eigenvalue weighted by Gasteiger charge is -2.31. The molecule has 0 amide bonds. The van der Waals surface area contributed by atoms with Crippen LogP contribution in [-0.4, -0.2) is 36.9 Å². The zero-order valence-corrected chi connectivity index (χ0v) is 6.29. The molecule has 2 unspecified atom stereocenters. The first-order valence-electron chi connectivity index (χ1n) is 3.65. The van der Waals surface area contributed by atoms with Crippen molar-refractivity contribution in [3.63, 3.8) is 0 Å². The maximum absolute atomic E-state index is 10.4. The number of likely N-dealkylation sites (tertiary alicyclic amines) is 1. The van der Waals surface area contributed by atoms with Crippen LogP contribution in [0, 0.1) is 0 Å². The number of carbonyl (C=O) groups excluding carboxylic acids is 1. The van der Waals surface area contributed by atoms with Gasteiger partial charge in [0.05, 0.1) is 6.04 Å². The van der Waals surface area contributed by atoms with Crippen molar-refractivity contribution in [2.45, 2.75) is 24.9 Å². The van der Waals surface area contributed by atoms with E-state index in [1.807, 2.05) is 7.05 Å². The standard InChI is InChI=1S/C7H14N2O/c1-9-3-2-6(8)4-7(9)5-10/h5-7H,2-4,8H2,1H3. The number of hydrogen-bond acceptors (Lipinski definition) is 3. The smallest absolute Gasteiger partial charge is 0.137 e. The molecular formula is C7H14N2O. The fourth-order valence-electron chi connectivity index (χ4n) is 1.30. The Morgan fingerprint density at radius 1 is 1.70 bits per heavy atom. The van der Waals surface area contributed by atoms with Gasteiger partial charge in [-0.3, -0.25) is 4.90 Å². The fraction of sp³-hybridized carbons (Fsp3) is 0.857. The molecule has 58 valence electrons. The molecule has 10 heavy (non-hydrogen) atoms. The molecule has 1 rings (SSSR count). The first-order chi connectivity index (χ1) is 4.74. The zero-order chi connectivity index (χ0) is 7.56.